The van der Waals surface area contributed by atoms with Crippen molar-refractivity contribution < 1.29 is 19.1 Å². The van der Waals surface area contributed by atoms with E-state index < -0.39 is 5.41 Å². The van der Waals surface area contributed by atoms with Gasteiger partial charge in [-0.15, -0.1) is 11.6 Å². The molecule has 0 aromatic heterocycles. The van der Waals surface area contributed by atoms with E-state index in [0.29, 0.717) is 24.8 Å². The Labute approximate surface area is 147 Å². The van der Waals surface area contributed by atoms with E-state index in [4.69, 9.17) is 21.1 Å². The van der Waals surface area contributed by atoms with E-state index in [1.807, 2.05) is 0 Å². The van der Waals surface area contributed by atoms with Crippen LogP contribution in [0, 0.1) is 17.3 Å². The second-order valence-corrected chi connectivity index (χ2v) is 9.21. The molecule has 4 aliphatic carbocycles. The minimum absolute atomic E-state index is 0.101. The summed E-state index contributed by atoms with van der Waals surface area (Å²) in [4.78, 5) is 24.4. The lowest BCUT2D eigenvalue weighted by Gasteiger charge is -2.58. The first-order chi connectivity index (χ1) is 11.5. The second-order valence-electron chi connectivity index (χ2n) is 8.41. The molecule has 0 spiro atoms. The van der Waals surface area contributed by atoms with E-state index >= 15 is 0 Å². The van der Waals surface area contributed by atoms with Gasteiger partial charge >= 0.3 is 5.97 Å². The van der Waals surface area contributed by atoms with E-state index in [2.05, 4.69) is 5.32 Å². The lowest BCUT2D eigenvalue weighted by molar-refractivity contribution is -0.171. The lowest BCUT2D eigenvalue weighted by atomic mass is 9.49. The number of ether oxygens (including phenoxy) is 2. The molecule has 6 heteroatoms. The van der Waals surface area contributed by atoms with Crippen molar-refractivity contribution in [3.63, 3.8) is 0 Å². The summed E-state index contributed by atoms with van der Waals surface area (Å²) >= 11 is 6.75. The third kappa shape index (κ3) is 3.17. The minimum Gasteiger partial charge on any atom is -0.455 e. The Morgan fingerprint density at radius 2 is 1.96 bits per heavy atom. The molecule has 0 unspecified atom stereocenters. The molecule has 5 rings (SSSR count). The minimum atomic E-state index is -0.444. The van der Waals surface area contributed by atoms with Crippen LogP contribution < -0.4 is 5.32 Å². The number of esters is 1. The van der Waals surface area contributed by atoms with Crippen molar-refractivity contribution >= 4 is 23.5 Å². The average molecular weight is 356 g/mol. The SMILES string of the molecule is O=C(COC(=O)C12C[C@H]3C[C@@H](CC(Cl)(C3)C1)C2)NC[C@@H]1CCCO1. The Balaban J connectivity index is 1.29. The fraction of sp³-hybridized carbons (Fsp3) is 0.889. The zero-order valence-corrected chi connectivity index (χ0v) is 14.8. The van der Waals surface area contributed by atoms with Crippen LogP contribution in [0.5, 0.6) is 0 Å². The molecule has 5 fully saturated rings. The van der Waals surface area contributed by atoms with Gasteiger partial charge in [0.05, 0.1) is 11.5 Å². The van der Waals surface area contributed by atoms with E-state index in [1.165, 1.54) is 6.42 Å². The number of halogens is 1. The van der Waals surface area contributed by atoms with Gasteiger partial charge in [0.2, 0.25) is 0 Å². The number of amides is 1. The van der Waals surface area contributed by atoms with Crippen LogP contribution in [0.4, 0.5) is 0 Å². The fourth-order valence-electron chi connectivity index (χ4n) is 5.76. The molecule has 1 saturated heterocycles. The van der Waals surface area contributed by atoms with E-state index in [-0.39, 0.29) is 29.5 Å². The van der Waals surface area contributed by atoms with Crippen LogP contribution in [-0.4, -0.2) is 42.6 Å². The Hall–Kier alpha value is -0.810. The predicted molar refractivity (Wildman–Crippen MR) is 88.6 cm³/mol. The quantitative estimate of drug-likeness (QED) is 0.607. The van der Waals surface area contributed by atoms with E-state index in [1.54, 1.807) is 0 Å². The smallest absolute Gasteiger partial charge is 0.312 e. The highest BCUT2D eigenvalue weighted by Crippen LogP contribution is 2.64. The van der Waals surface area contributed by atoms with Gasteiger partial charge < -0.3 is 14.8 Å². The predicted octanol–water partition coefficient (Wildman–Crippen LogP) is 2.40. The maximum Gasteiger partial charge on any atom is 0.312 e. The van der Waals surface area contributed by atoms with Crippen molar-refractivity contribution in [3.05, 3.63) is 0 Å². The summed E-state index contributed by atoms with van der Waals surface area (Å²) in [6.07, 6.45) is 7.86. The van der Waals surface area contributed by atoms with Gasteiger partial charge in [-0.2, -0.15) is 0 Å². The largest absolute Gasteiger partial charge is 0.455 e. The molecule has 1 aliphatic heterocycles. The van der Waals surface area contributed by atoms with Crippen LogP contribution in [0.25, 0.3) is 0 Å². The molecular formula is C18H26ClNO4. The molecule has 5 nitrogen and oxygen atoms in total. The molecule has 3 atom stereocenters. The summed E-state index contributed by atoms with van der Waals surface area (Å²) < 4.78 is 10.9. The molecule has 134 valence electrons. The van der Waals surface area contributed by atoms with Crippen molar-refractivity contribution in [2.75, 3.05) is 19.8 Å². The zero-order chi connectivity index (χ0) is 16.8. The van der Waals surface area contributed by atoms with Crippen molar-refractivity contribution in [1.29, 1.82) is 0 Å². The summed E-state index contributed by atoms with van der Waals surface area (Å²) in [5, 5.41) is 2.79. The molecule has 0 aromatic carbocycles. The first kappa shape index (κ1) is 16.6. The summed E-state index contributed by atoms with van der Waals surface area (Å²) in [6.45, 7) is 1.06. The number of rotatable bonds is 5. The Bertz CT molecular complexity index is 517. The third-order valence-electron chi connectivity index (χ3n) is 6.31. The highest BCUT2D eigenvalue weighted by Gasteiger charge is 2.60. The first-order valence-corrected chi connectivity index (χ1v) is 9.59. The molecule has 0 aromatic rings. The lowest BCUT2D eigenvalue weighted by Crippen LogP contribution is -2.56. The summed E-state index contributed by atoms with van der Waals surface area (Å²) in [5.74, 6) is 0.632. The van der Waals surface area contributed by atoms with E-state index in [0.717, 1.165) is 45.1 Å². The fourth-order valence-corrected chi connectivity index (χ4v) is 6.45. The van der Waals surface area contributed by atoms with Gasteiger partial charge in [0.15, 0.2) is 6.61 Å². The second kappa shape index (κ2) is 6.17. The van der Waals surface area contributed by atoms with E-state index in [9.17, 15) is 9.59 Å². The zero-order valence-electron chi connectivity index (χ0n) is 14.0. The van der Waals surface area contributed by atoms with Gasteiger partial charge in [-0.25, -0.2) is 0 Å². The highest BCUT2D eigenvalue weighted by molar-refractivity contribution is 6.24. The Morgan fingerprint density at radius 3 is 2.58 bits per heavy atom. The van der Waals surface area contributed by atoms with Crippen molar-refractivity contribution in [1.82, 2.24) is 5.32 Å². The van der Waals surface area contributed by atoms with Crippen LogP contribution in [-0.2, 0) is 19.1 Å². The molecule has 1 amide bonds. The summed E-state index contributed by atoms with van der Waals surface area (Å²) in [6, 6.07) is 0. The number of alkyl halides is 1. The molecule has 1 N–H and O–H groups in total. The Kier molecular flexibility index (Phi) is 4.28. The van der Waals surface area contributed by atoms with Gasteiger partial charge in [-0.1, -0.05) is 0 Å². The first-order valence-electron chi connectivity index (χ1n) is 9.21. The standard InChI is InChI=1S/C18H26ClNO4/c19-18-7-12-4-13(8-18)6-17(5-12,11-18)16(22)24-10-15(21)20-9-14-2-1-3-23-14/h12-14H,1-11H2,(H,20,21)/t12-,13-,14+,17?,18?/m1/s1. The summed E-state index contributed by atoms with van der Waals surface area (Å²) in [7, 11) is 0. The Morgan fingerprint density at radius 1 is 1.21 bits per heavy atom. The van der Waals surface area contributed by atoms with Crippen LogP contribution in [0.3, 0.4) is 0 Å². The number of nitrogens with one attached hydrogen (secondary N) is 1. The molecular weight excluding hydrogens is 330 g/mol. The molecule has 24 heavy (non-hydrogen) atoms. The van der Waals surface area contributed by atoms with Crippen molar-refractivity contribution in [2.24, 2.45) is 17.3 Å². The maximum atomic E-state index is 12.7. The summed E-state index contributed by atoms with van der Waals surface area (Å²) in [5.41, 5.74) is -0.444. The normalized spacial score (nSPS) is 43.0. The maximum absolute atomic E-state index is 12.7. The topological polar surface area (TPSA) is 64.6 Å². The monoisotopic (exact) mass is 355 g/mol. The van der Waals surface area contributed by atoms with Crippen LogP contribution in [0.1, 0.15) is 51.4 Å². The van der Waals surface area contributed by atoms with Crippen molar-refractivity contribution in [3.8, 4) is 0 Å². The molecule has 0 radical (unpaired) electrons. The van der Waals surface area contributed by atoms with Crippen LogP contribution in [0.15, 0.2) is 0 Å². The van der Waals surface area contributed by atoms with Crippen LogP contribution in [0.2, 0.25) is 0 Å². The number of carbonyl (C=O) groups excluding carboxylic acids is 2. The molecule has 1 heterocycles. The van der Waals surface area contributed by atoms with Gasteiger partial charge in [-0.05, 0) is 63.2 Å². The number of hydrogen-bond donors (Lipinski definition) is 1. The van der Waals surface area contributed by atoms with Crippen LogP contribution >= 0.6 is 11.6 Å². The number of hydrogen-bond acceptors (Lipinski definition) is 4. The third-order valence-corrected chi connectivity index (χ3v) is 6.75. The van der Waals surface area contributed by atoms with Crippen molar-refractivity contribution in [2.45, 2.75) is 62.3 Å². The van der Waals surface area contributed by atoms with Gasteiger partial charge in [0, 0.05) is 18.0 Å². The number of carbonyl (C=O) groups is 2. The highest BCUT2D eigenvalue weighted by atomic mass is 35.5. The molecule has 4 bridgehead atoms. The van der Waals surface area contributed by atoms with Gasteiger partial charge in [0.25, 0.3) is 5.91 Å². The molecule has 4 saturated carbocycles. The van der Waals surface area contributed by atoms with Gasteiger partial charge in [-0.3, -0.25) is 9.59 Å². The average Bonchev–Trinajstić information content (AvgIpc) is 3.01. The molecule has 5 aliphatic rings. The van der Waals surface area contributed by atoms with Gasteiger partial charge in [0.1, 0.15) is 0 Å².